The van der Waals surface area contributed by atoms with Crippen LogP contribution < -0.4 is 0 Å². The summed E-state index contributed by atoms with van der Waals surface area (Å²) in [6.45, 7) is 2.21. The van der Waals surface area contributed by atoms with E-state index in [-0.39, 0.29) is 11.9 Å². The van der Waals surface area contributed by atoms with Crippen LogP contribution in [0.25, 0.3) is 11.3 Å². The van der Waals surface area contributed by atoms with E-state index >= 15 is 0 Å². The highest BCUT2D eigenvalue weighted by Crippen LogP contribution is 2.21. The molecule has 1 aromatic heterocycles. The molecule has 0 saturated carbocycles. The first-order chi connectivity index (χ1) is 13.6. The Morgan fingerprint density at radius 2 is 2.11 bits per heavy atom. The minimum atomic E-state index is -0.0608. The lowest BCUT2D eigenvalue weighted by molar-refractivity contribution is -0.136. The van der Waals surface area contributed by atoms with Crippen LogP contribution in [0.15, 0.2) is 36.4 Å². The monoisotopic (exact) mass is 378 g/mol. The number of terminal acetylenes is 1. The second-order valence-electron chi connectivity index (χ2n) is 7.56. The Morgan fingerprint density at radius 3 is 2.86 bits per heavy atom. The summed E-state index contributed by atoms with van der Waals surface area (Å²) in [4.78, 5) is 16.9. The lowest BCUT2D eigenvalue weighted by Crippen LogP contribution is -2.50. The average molecular weight is 379 g/mol. The Morgan fingerprint density at radius 1 is 1.32 bits per heavy atom. The molecular weight excluding hydrogens is 348 g/mol. The molecule has 2 heterocycles. The molecule has 28 heavy (non-hydrogen) atoms. The predicted octanol–water partition coefficient (Wildman–Crippen LogP) is 2.97. The molecule has 1 aromatic carbocycles. The highest BCUT2D eigenvalue weighted by Gasteiger charge is 2.29. The highest BCUT2D eigenvalue weighted by atomic mass is 16.2. The second-order valence-corrected chi connectivity index (χ2v) is 7.56. The normalized spacial score (nSPS) is 17.2. The van der Waals surface area contributed by atoms with E-state index in [1.54, 1.807) is 0 Å². The van der Waals surface area contributed by atoms with Gasteiger partial charge in [-0.15, -0.1) is 6.42 Å². The molecule has 1 amide bonds. The molecule has 2 aromatic rings. The number of likely N-dealkylation sites (tertiary alicyclic amines) is 1. The Bertz CT molecular complexity index is 821. The number of nitrogens with zero attached hydrogens (tertiary/aromatic N) is 4. The van der Waals surface area contributed by atoms with Crippen LogP contribution in [0.2, 0.25) is 0 Å². The zero-order valence-corrected chi connectivity index (χ0v) is 17.0. The summed E-state index contributed by atoms with van der Waals surface area (Å²) in [5, 5.41) is 4.64. The van der Waals surface area contributed by atoms with Crippen LogP contribution in [-0.4, -0.2) is 58.2 Å². The van der Waals surface area contributed by atoms with Gasteiger partial charge in [-0.2, -0.15) is 5.10 Å². The summed E-state index contributed by atoms with van der Waals surface area (Å²) in [5.74, 6) is 2.89. The quantitative estimate of drug-likeness (QED) is 0.696. The number of aromatic nitrogens is 2. The fourth-order valence-corrected chi connectivity index (χ4v) is 3.97. The van der Waals surface area contributed by atoms with Crippen LogP contribution in [0.5, 0.6) is 0 Å². The molecule has 3 rings (SSSR count). The maximum atomic E-state index is 12.9. The van der Waals surface area contributed by atoms with E-state index in [0.29, 0.717) is 6.54 Å². The number of carbonyl (C=O) groups is 1. The molecule has 0 unspecified atom stereocenters. The van der Waals surface area contributed by atoms with Crippen LogP contribution in [0.3, 0.4) is 0 Å². The molecule has 5 heteroatoms. The molecule has 0 spiro atoms. The predicted molar refractivity (Wildman–Crippen MR) is 113 cm³/mol. The second kappa shape index (κ2) is 9.57. The number of hydrogen-bond acceptors (Lipinski definition) is 3. The van der Waals surface area contributed by atoms with Crippen LogP contribution in [-0.2, 0) is 18.3 Å². The standard InChI is InChI=1S/C23H30N4O/c1-4-15-27-17-9-8-14-21(27)23(28)25(2)16-10-13-20-18-22(26(3)24-20)19-11-6-5-7-12-19/h1,5-7,11-12,18,21H,8-10,13-17H2,2-3H3/t21-/m1/s1. The molecule has 0 aliphatic carbocycles. The van der Waals surface area contributed by atoms with Gasteiger partial charge >= 0.3 is 0 Å². The van der Waals surface area contributed by atoms with Crippen LogP contribution >= 0.6 is 0 Å². The zero-order chi connectivity index (χ0) is 19.9. The van der Waals surface area contributed by atoms with Crippen LogP contribution in [0, 0.1) is 12.3 Å². The lowest BCUT2D eigenvalue weighted by atomic mass is 10.0. The van der Waals surface area contributed by atoms with Crippen molar-refractivity contribution >= 4 is 5.91 Å². The first-order valence-corrected chi connectivity index (χ1v) is 10.1. The molecule has 5 nitrogen and oxygen atoms in total. The average Bonchev–Trinajstić information content (AvgIpc) is 3.09. The van der Waals surface area contributed by atoms with Crippen molar-refractivity contribution in [3.05, 3.63) is 42.1 Å². The minimum absolute atomic E-state index is 0.0608. The minimum Gasteiger partial charge on any atom is -0.344 e. The SMILES string of the molecule is C#CCN1CCCC[C@@H]1C(=O)N(C)CCCc1cc(-c2ccccc2)n(C)n1. The molecule has 148 valence electrons. The summed E-state index contributed by atoms with van der Waals surface area (Å²) in [6.07, 6.45) is 10.4. The summed E-state index contributed by atoms with van der Waals surface area (Å²) in [5.41, 5.74) is 3.35. The van der Waals surface area contributed by atoms with Gasteiger partial charge in [-0.25, -0.2) is 0 Å². The van der Waals surface area contributed by atoms with Gasteiger partial charge in [0.25, 0.3) is 0 Å². The topological polar surface area (TPSA) is 41.4 Å². The van der Waals surface area contributed by atoms with Crippen molar-refractivity contribution < 1.29 is 4.79 Å². The Balaban J connectivity index is 1.53. The largest absolute Gasteiger partial charge is 0.344 e. The third-order valence-corrected chi connectivity index (χ3v) is 5.50. The van der Waals surface area contributed by atoms with Gasteiger partial charge < -0.3 is 4.90 Å². The summed E-state index contributed by atoms with van der Waals surface area (Å²) >= 11 is 0. The molecular formula is C23H30N4O. The van der Waals surface area contributed by atoms with Gasteiger partial charge in [-0.3, -0.25) is 14.4 Å². The fourth-order valence-electron chi connectivity index (χ4n) is 3.97. The summed E-state index contributed by atoms with van der Waals surface area (Å²) < 4.78 is 1.93. The number of rotatable bonds is 7. The van der Waals surface area contributed by atoms with E-state index in [1.165, 1.54) is 5.56 Å². The molecule has 0 bridgehead atoms. The summed E-state index contributed by atoms with van der Waals surface area (Å²) in [7, 11) is 3.88. The maximum Gasteiger partial charge on any atom is 0.239 e. The third kappa shape index (κ3) is 4.82. The number of piperidine rings is 1. The van der Waals surface area contributed by atoms with Crippen molar-refractivity contribution in [3.8, 4) is 23.6 Å². The molecule has 0 radical (unpaired) electrons. The first kappa shape index (κ1) is 20.2. The molecule has 1 atom stereocenters. The smallest absolute Gasteiger partial charge is 0.239 e. The van der Waals surface area contributed by atoms with Gasteiger partial charge in [-0.05, 0) is 43.9 Å². The number of carbonyl (C=O) groups excluding carboxylic acids is 1. The highest BCUT2D eigenvalue weighted by molar-refractivity contribution is 5.81. The Labute approximate surface area is 168 Å². The van der Waals surface area contributed by atoms with Crippen molar-refractivity contribution in [3.63, 3.8) is 0 Å². The molecule has 0 N–H and O–H groups in total. The third-order valence-electron chi connectivity index (χ3n) is 5.50. The van der Waals surface area contributed by atoms with E-state index in [9.17, 15) is 4.79 Å². The van der Waals surface area contributed by atoms with E-state index in [0.717, 1.165) is 56.6 Å². The number of likely N-dealkylation sites (N-methyl/N-ethyl adjacent to an activating group) is 1. The van der Waals surface area contributed by atoms with Gasteiger partial charge in [-0.1, -0.05) is 42.7 Å². The van der Waals surface area contributed by atoms with Gasteiger partial charge in [0.05, 0.1) is 24.0 Å². The Kier molecular flexibility index (Phi) is 6.89. The van der Waals surface area contributed by atoms with Crippen molar-refractivity contribution in [1.82, 2.24) is 19.6 Å². The molecule has 1 aliphatic heterocycles. The Hall–Kier alpha value is -2.58. The van der Waals surface area contributed by atoms with Gasteiger partial charge in [0, 0.05) is 20.6 Å². The maximum absolute atomic E-state index is 12.9. The van der Waals surface area contributed by atoms with Crippen molar-refractivity contribution in [2.45, 2.75) is 38.1 Å². The number of benzene rings is 1. The van der Waals surface area contributed by atoms with Crippen LogP contribution in [0.1, 0.15) is 31.4 Å². The van der Waals surface area contributed by atoms with E-state index in [2.05, 4.69) is 34.1 Å². The lowest BCUT2D eigenvalue weighted by Gasteiger charge is -2.35. The summed E-state index contributed by atoms with van der Waals surface area (Å²) in [6, 6.07) is 12.4. The van der Waals surface area contributed by atoms with Crippen molar-refractivity contribution in [1.29, 1.82) is 0 Å². The van der Waals surface area contributed by atoms with Gasteiger partial charge in [0.2, 0.25) is 5.91 Å². The van der Waals surface area contributed by atoms with Gasteiger partial charge in [0.1, 0.15) is 0 Å². The molecule has 1 fully saturated rings. The van der Waals surface area contributed by atoms with Crippen molar-refractivity contribution in [2.24, 2.45) is 7.05 Å². The van der Waals surface area contributed by atoms with Crippen LogP contribution in [0.4, 0.5) is 0 Å². The van der Waals surface area contributed by atoms with Gasteiger partial charge in [0.15, 0.2) is 0 Å². The van der Waals surface area contributed by atoms with E-state index < -0.39 is 0 Å². The van der Waals surface area contributed by atoms with E-state index in [1.807, 2.05) is 41.9 Å². The van der Waals surface area contributed by atoms with E-state index in [4.69, 9.17) is 6.42 Å². The number of aryl methyl sites for hydroxylation is 2. The molecule has 1 saturated heterocycles. The first-order valence-electron chi connectivity index (χ1n) is 10.1. The zero-order valence-electron chi connectivity index (χ0n) is 17.0. The van der Waals surface area contributed by atoms with Crippen molar-refractivity contribution in [2.75, 3.05) is 26.7 Å². The number of amides is 1. The fraction of sp³-hybridized carbons (Fsp3) is 0.478. The number of hydrogen-bond donors (Lipinski definition) is 0. The molecule has 1 aliphatic rings.